The number of benzene rings is 2. The number of nitrogens with zero attached hydrogens (tertiary/aromatic N) is 3. The zero-order chi connectivity index (χ0) is 24.5. The van der Waals surface area contributed by atoms with Crippen LogP contribution in [-0.2, 0) is 10.0 Å². The number of anilines is 1. The fourth-order valence-electron chi connectivity index (χ4n) is 3.69. The Hall–Kier alpha value is -3.47. The molecule has 0 fully saturated rings. The first-order chi connectivity index (χ1) is 16.2. The standard InChI is InChI=1S/C23H22ClN5O4S/c1-3-29(4-2)34(32,33)16-6-7-20-17(12-16)18(13-22(30)27-20)23(31)26-15-5-8-21(19(24)11-15)28-10-9-25-14-28/h5-14H,3-4H2,1-2H3,(H,26,31)(H,27,30). The summed E-state index contributed by atoms with van der Waals surface area (Å²) in [6.07, 6.45) is 4.97. The van der Waals surface area contributed by atoms with Crippen LogP contribution in [0.2, 0.25) is 5.02 Å². The summed E-state index contributed by atoms with van der Waals surface area (Å²) in [5.41, 5.74) is 1.02. The van der Waals surface area contributed by atoms with Crippen molar-refractivity contribution in [1.29, 1.82) is 0 Å². The first-order valence-corrected chi connectivity index (χ1v) is 12.3. The van der Waals surface area contributed by atoms with Crippen LogP contribution in [0.3, 0.4) is 0 Å². The SMILES string of the molecule is CCN(CC)S(=O)(=O)c1ccc2[nH]c(=O)cc(C(=O)Nc3ccc(-n4ccnc4)c(Cl)c3)c2c1. The molecule has 0 saturated carbocycles. The number of rotatable bonds is 7. The molecule has 11 heteroatoms. The van der Waals surface area contributed by atoms with Crippen molar-refractivity contribution in [2.45, 2.75) is 18.7 Å². The van der Waals surface area contributed by atoms with Gasteiger partial charge in [-0.15, -0.1) is 0 Å². The molecule has 0 aliphatic heterocycles. The van der Waals surface area contributed by atoms with E-state index in [0.29, 0.717) is 40.4 Å². The number of nitrogens with one attached hydrogen (secondary N) is 2. The lowest BCUT2D eigenvalue weighted by molar-refractivity contribution is 0.102. The van der Waals surface area contributed by atoms with Crippen molar-refractivity contribution in [2.24, 2.45) is 0 Å². The van der Waals surface area contributed by atoms with E-state index in [1.165, 1.54) is 22.5 Å². The third kappa shape index (κ3) is 4.47. The molecule has 176 valence electrons. The number of carbonyl (C=O) groups excluding carboxylic acids is 1. The van der Waals surface area contributed by atoms with E-state index in [2.05, 4.69) is 15.3 Å². The number of hydrogen-bond acceptors (Lipinski definition) is 5. The van der Waals surface area contributed by atoms with Crippen molar-refractivity contribution >= 4 is 44.1 Å². The molecule has 1 amide bonds. The van der Waals surface area contributed by atoms with Gasteiger partial charge in [-0.05, 0) is 36.4 Å². The highest BCUT2D eigenvalue weighted by Gasteiger charge is 2.23. The van der Waals surface area contributed by atoms with E-state index in [4.69, 9.17) is 11.6 Å². The Bertz CT molecular complexity index is 1530. The van der Waals surface area contributed by atoms with Gasteiger partial charge in [-0.2, -0.15) is 4.31 Å². The van der Waals surface area contributed by atoms with Gasteiger partial charge in [0.1, 0.15) is 0 Å². The van der Waals surface area contributed by atoms with Crippen LogP contribution < -0.4 is 10.9 Å². The Morgan fingerprint density at radius 1 is 1.15 bits per heavy atom. The number of hydrogen-bond donors (Lipinski definition) is 2. The molecule has 0 unspecified atom stereocenters. The van der Waals surface area contributed by atoms with Crippen LogP contribution in [0.4, 0.5) is 5.69 Å². The number of fused-ring (bicyclic) bond motifs is 1. The maximum atomic E-state index is 13.1. The fourth-order valence-corrected chi connectivity index (χ4v) is 5.45. The Balaban J connectivity index is 1.73. The molecular weight excluding hydrogens is 478 g/mol. The van der Waals surface area contributed by atoms with Gasteiger partial charge in [-0.1, -0.05) is 25.4 Å². The summed E-state index contributed by atoms with van der Waals surface area (Å²) in [6, 6.07) is 10.4. The van der Waals surface area contributed by atoms with Gasteiger partial charge in [0.15, 0.2) is 0 Å². The predicted molar refractivity (Wildman–Crippen MR) is 131 cm³/mol. The fraction of sp³-hybridized carbons (Fsp3) is 0.174. The van der Waals surface area contributed by atoms with Gasteiger partial charge in [-0.3, -0.25) is 9.59 Å². The molecule has 0 bridgehead atoms. The monoisotopic (exact) mass is 499 g/mol. The molecule has 2 heterocycles. The van der Waals surface area contributed by atoms with Crippen molar-refractivity contribution in [3.8, 4) is 5.69 Å². The third-order valence-corrected chi connectivity index (χ3v) is 7.74. The molecule has 0 aliphatic rings. The Morgan fingerprint density at radius 2 is 1.91 bits per heavy atom. The zero-order valence-electron chi connectivity index (χ0n) is 18.4. The minimum Gasteiger partial charge on any atom is -0.322 e. The van der Waals surface area contributed by atoms with Crippen molar-refractivity contribution in [3.05, 3.63) is 82.1 Å². The smallest absolute Gasteiger partial charge is 0.256 e. The van der Waals surface area contributed by atoms with Crippen LogP contribution in [0.15, 0.2) is 70.9 Å². The zero-order valence-corrected chi connectivity index (χ0v) is 20.0. The lowest BCUT2D eigenvalue weighted by Crippen LogP contribution is -2.30. The maximum absolute atomic E-state index is 13.1. The molecule has 0 saturated heterocycles. The Kier molecular flexibility index (Phi) is 6.56. The quantitative estimate of drug-likeness (QED) is 0.402. The summed E-state index contributed by atoms with van der Waals surface area (Å²) in [7, 11) is -3.75. The summed E-state index contributed by atoms with van der Waals surface area (Å²) < 4.78 is 29.0. The number of carbonyl (C=O) groups is 1. The van der Waals surface area contributed by atoms with Gasteiger partial charge in [0.05, 0.1) is 27.5 Å². The van der Waals surface area contributed by atoms with E-state index >= 15 is 0 Å². The minimum atomic E-state index is -3.75. The van der Waals surface area contributed by atoms with Crippen LogP contribution in [0.5, 0.6) is 0 Å². The van der Waals surface area contributed by atoms with E-state index in [9.17, 15) is 18.0 Å². The first kappa shape index (κ1) is 23.7. The molecule has 2 aromatic carbocycles. The van der Waals surface area contributed by atoms with E-state index in [-0.39, 0.29) is 10.5 Å². The highest BCUT2D eigenvalue weighted by Crippen LogP contribution is 2.26. The molecule has 34 heavy (non-hydrogen) atoms. The third-order valence-electron chi connectivity index (χ3n) is 5.39. The van der Waals surface area contributed by atoms with E-state index in [1.54, 1.807) is 55.3 Å². The van der Waals surface area contributed by atoms with Crippen LogP contribution in [0.1, 0.15) is 24.2 Å². The summed E-state index contributed by atoms with van der Waals surface area (Å²) in [5, 5.41) is 3.43. The van der Waals surface area contributed by atoms with Gasteiger partial charge in [0, 0.05) is 48.1 Å². The van der Waals surface area contributed by atoms with Crippen molar-refractivity contribution in [2.75, 3.05) is 18.4 Å². The average Bonchev–Trinajstić information content (AvgIpc) is 3.33. The highest BCUT2D eigenvalue weighted by molar-refractivity contribution is 7.89. The van der Waals surface area contributed by atoms with Crippen LogP contribution >= 0.6 is 11.6 Å². The molecule has 2 N–H and O–H groups in total. The van der Waals surface area contributed by atoms with E-state index in [1.807, 2.05) is 0 Å². The summed E-state index contributed by atoms with van der Waals surface area (Å²) in [4.78, 5) is 32.0. The van der Waals surface area contributed by atoms with Crippen LogP contribution in [-0.4, -0.2) is 46.3 Å². The number of aromatic nitrogens is 3. The van der Waals surface area contributed by atoms with Gasteiger partial charge in [-0.25, -0.2) is 13.4 Å². The van der Waals surface area contributed by atoms with Gasteiger partial charge < -0.3 is 14.9 Å². The van der Waals surface area contributed by atoms with Crippen molar-refractivity contribution in [1.82, 2.24) is 18.8 Å². The molecule has 4 rings (SSSR count). The average molecular weight is 500 g/mol. The number of aromatic amines is 1. The first-order valence-electron chi connectivity index (χ1n) is 10.5. The molecular formula is C23H22ClN5O4S. The van der Waals surface area contributed by atoms with Crippen molar-refractivity contribution < 1.29 is 13.2 Å². The number of H-pyrrole nitrogens is 1. The predicted octanol–water partition coefficient (Wildman–Crippen LogP) is 3.65. The lowest BCUT2D eigenvalue weighted by Gasteiger charge is -2.19. The lowest BCUT2D eigenvalue weighted by atomic mass is 10.1. The highest BCUT2D eigenvalue weighted by atomic mass is 35.5. The maximum Gasteiger partial charge on any atom is 0.256 e. The van der Waals surface area contributed by atoms with E-state index < -0.39 is 21.5 Å². The second-order valence-corrected chi connectivity index (χ2v) is 9.78. The number of amides is 1. The van der Waals surface area contributed by atoms with Crippen molar-refractivity contribution in [3.63, 3.8) is 0 Å². The molecule has 4 aromatic rings. The summed E-state index contributed by atoms with van der Waals surface area (Å²) in [5.74, 6) is -0.570. The molecule has 0 atom stereocenters. The van der Waals surface area contributed by atoms with Crippen LogP contribution in [0.25, 0.3) is 16.6 Å². The van der Waals surface area contributed by atoms with Gasteiger partial charge in [0.2, 0.25) is 15.6 Å². The van der Waals surface area contributed by atoms with Crippen LogP contribution in [0, 0.1) is 0 Å². The number of pyridine rings is 1. The molecule has 9 nitrogen and oxygen atoms in total. The Labute approximate surface area is 201 Å². The van der Waals surface area contributed by atoms with Gasteiger partial charge >= 0.3 is 0 Å². The topological polar surface area (TPSA) is 117 Å². The second-order valence-electron chi connectivity index (χ2n) is 7.43. The molecule has 2 aromatic heterocycles. The largest absolute Gasteiger partial charge is 0.322 e. The van der Waals surface area contributed by atoms with E-state index in [0.717, 1.165) is 6.07 Å². The summed E-state index contributed by atoms with van der Waals surface area (Å²) in [6.45, 7) is 4.13. The second kappa shape index (κ2) is 9.41. The molecule has 0 aliphatic carbocycles. The number of halogens is 1. The number of imidazole rings is 1. The molecule has 0 radical (unpaired) electrons. The van der Waals surface area contributed by atoms with Gasteiger partial charge in [0.25, 0.3) is 5.91 Å². The Morgan fingerprint density at radius 3 is 2.56 bits per heavy atom. The summed E-state index contributed by atoms with van der Waals surface area (Å²) >= 11 is 6.37. The normalized spacial score (nSPS) is 11.8. The number of sulfonamides is 1. The minimum absolute atomic E-state index is 0.0394. The molecule has 0 spiro atoms.